The molecular weight excluding hydrogens is 184 g/mol. The number of carbonyl (C=O) groups is 2. The van der Waals surface area contributed by atoms with Crippen LogP contribution in [0.2, 0.25) is 0 Å². The lowest BCUT2D eigenvalue weighted by atomic mass is 9.76. The van der Waals surface area contributed by atoms with Crippen LogP contribution in [0.3, 0.4) is 0 Å². The Morgan fingerprint density at radius 1 is 0.929 bits per heavy atom. The number of carboxylic acids is 2. The van der Waals surface area contributed by atoms with Crippen LogP contribution in [0.4, 0.5) is 0 Å². The van der Waals surface area contributed by atoms with Crippen molar-refractivity contribution in [1.82, 2.24) is 0 Å². The molecule has 0 aromatic heterocycles. The molecule has 0 aromatic carbocycles. The van der Waals surface area contributed by atoms with E-state index in [9.17, 15) is 19.8 Å². The lowest BCUT2D eigenvalue weighted by Gasteiger charge is -2.32. The molecule has 0 saturated heterocycles. The van der Waals surface area contributed by atoms with Gasteiger partial charge in [-0.2, -0.15) is 0 Å². The zero-order chi connectivity index (χ0) is 10.6. The van der Waals surface area contributed by atoms with E-state index in [2.05, 4.69) is 0 Å². The van der Waals surface area contributed by atoms with Gasteiger partial charge in [-0.15, -0.1) is 0 Å². The van der Waals surface area contributed by atoms with Crippen molar-refractivity contribution in [3.05, 3.63) is 0 Å². The Morgan fingerprint density at radius 3 is 1.57 bits per heavy atom. The molecule has 0 aliphatic heterocycles. The van der Waals surface area contributed by atoms with Gasteiger partial charge >= 0.3 is 0 Å². The molecule has 1 saturated carbocycles. The van der Waals surface area contributed by atoms with Crippen LogP contribution in [0, 0.1) is 11.8 Å². The maximum Gasteiger partial charge on any atom is 0.0417 e. The number of carboxylic acid groups (broad SMARTS) is 2. The maximum absolute atomic E-state index is 10.4. The van der Waals surface area contributed by atoms with Crippen molar-refractivity contribution in [2.24, 2.45) is 11.8 Å². The second-order valence-corrected chi connectivity index (χ2v) is 3.96. The number of aliphatic carboxylic acids is 2. The average Bonchev–Trinajstić information content (AvgIpc) is 2.06. The highest BCUT2D eigenvalue weighted by Crippen LogP contribution is 2.34. The SMILES string of the molecule is O=C([O-])C[C@H]1CCCC[C@@H]1CC(=O)[O-]. The third-order valence-corrected chi connectivity index (χ3v) is 2.92. The van der Waals surface area contributed by atoms with Gasteiger partial charge in [0, 0.05) is 11.9 Å². The Labute approximate surface area is 82.9 Å². The first-order valence-corrected chi connectivity index (χ1v) is 4.99. The highest BCUT2D eigenvalue weighted by Gasteiger charge is 2.24. The van der Waals surface area contributed by atoms with Crippen LogP contribution >= 0.6 is 0 Å². The fraction of sp³-hybridized carbons (Fsp3) is 0.800. The lowest BCUT2D eigenvalue weighted by molar-refractivity contribution is -0.311. The van der Waals surface area contributed by atoms with Crippen molar-refractivity contribution in [3.8, 4) is 0 Å². The van der Waals surface area contributed by atoms with Gasteiger partial charge in [0.05, 0.1) is 0 Å². The summed E-state index contributed by atoms with van der Waals surface area (Å²) in [6, 6.07) is 0. The molecule has 14 heavy (non-hydrogen) atoms. The molecule has 0 radical (unpaired) electrons. The fourth-order valence-electron chi connectivity index (χ4n) is 2.25. The summed E-state index contributed by atoms with van der Waals surface area (Å²) in [4.78, 5) is 20.8. The maximum atomic E-state index is 10.4. The van der Waals surface area contributed by atoms with Crippen LogP contribution in [-0.2, 0) is 9.59 Å². The number of carbonyl (C=O) groups excluding carboxylic acids is 2. The highest BCUT2D eigenvalue weighted by atomic mass is 16.4. The predicted molar refractivity (Wildman–Crippen MR) is 44.7 cm³/mol. The molecule has 0 heterocycles. The molecule has 4 nitrogen and oxygen atoms in total. The largest absolute Gasteiger partial charge is 0.550 e. The van der Waals surface area contributed by atoms with E-state index in [1.165, 1.54) is 0 Å². The Hall–Kier alpha value is -1.06. The Kier molecular flexibility index (Phi) is 3.92. The van der Waals surface area contributed by atoms with Crippen molar-refractivity contribution in [2.75, 3.05) is 0 Å². The van der Waals surface area contributed by atoms with Gasteiger partial charge in [-0.25, -0.2) is 0 Å². The number of hydrogen-bond acceptors (Lipinski definition) is 4. The van der Waals surface area contributed by atoms with Crippen molar-refractivity contribution < 1.29 is 19.8 Å². The predicted octanol–water partition coefficient (Wildman–Crippen LogP) is -0.927. The van der Waals surface area contributed by atoms with Crippen molar-refractivity contribution in [3.63, 3.8) is 0 Å². The van der Waals surface area contributed by atoms with Gasteiger partial charge in [-0.3, -0.25) is 0 Å². The Morgan fingerprint density at radius 2 is 1.29 bits per heavy atom. The smallest absolute Gasteiger partial charge is 0.0417 e. The van der Waals surface area contributed by atoms with E-state index in [1.54, 1.807) is 0 Å². The minimum Gasteiger partial charge on any atom is -0.550 e. The molecule has 1 aliphatic rings. The molecule has 2 atom stereocenters. The van der Waals surface area contributed by atoms with E-state index >= 15 is 0 Å². The van der Waals surface area contributed by atoms with E-state index < -0.39 is 11.9 Å². The molecule has 0 aromatic rings. The topological polar surface area (TPSA) is 80.3 Å². The summed E-state index contributed by atoms with van der Waals surface area (Å²) in [5.41, 5.74) is 0. The molecule has 0 bridgehead atoms. The zero-order valence-electron chi connectivity index (χ0n) is 8.03. The Bertz CT molecular complexity index is 200. The van der Waals surface area contributed by atoms with E-state index in [1.807, 2.05) is 0 Å². The van der Waals surface area contributed by atoms with E-state index in [0.29, 0.717) is 0 Å². The van der Waals surface area contributed by atoms with E-state index in [-0.39, 0.29) is 24.7 Å². The van der Waals surface area contributed by atoms with Crippen LogP contribution in [0.25, 0.3) is 0 Å². The summed E-state index contributed by atoms with van der Waals surface area (Å²) in [6.07, 6.45) is 3.54. The molecule has 80 valence electrons. The summed E-state index contributed by atoms with van der Waals surface area (Å²) in [6.45, 7) is 0. The van der Waals surface area contributed by atoms with E-state index in [0.717, 1.165) is 25.7 Å². The fourth-order valence-corrected chi connectivity index (χ4v) is 2.25. The van der Waals surface area contributed by atoms with Gasteiger partial charge < -0.3 is 19.8 Å². The lowest BCUT2D eigenvalue weighted by Crippen LogP contribution is -2.33. The summed E-state index contributed by atoms with van der Waals surface area (Å²) in [5, 5.41) is 20.8. The van der Waals surface area contributed by atoms with E-state index in [4.69, 9.17) is 0 Å². The summed E-state index contributed by atoms with van der Waals surface area (Å²) >= 11 is 0. The van der Waals surface area contributed by atoms with Crippen molar-refractivity contribution in [2.45, 2.75) is 38.5 Å². The average molecular weight is 198 g/mol. The standard InChI is InChI=1S/C10H16O4/c11-9(12)5-7-3-1-2-4-8(7)6-10(13)14/h7-8H,1-6H2,(H,11,12)(H,13,14)/p-2/t7-,8-/m1/s1. The van der Waals surface area contributed by atoms with Crippen LogP contribution in [-0.4, -0.2) is 11.9 Å². The van der Waals surface area contributed by atoms with Gasteiger partial charge in [0.25, 0.3) is 0 Å². The van der Waals surface area contributed by atoms with Crippen molar-refractivity contribution >= 4 is 11.9 Å². The summed E-state index contributed by atoms with van der Waals surface area (Å²) < 4.78 is 0. The molecule has 1 aliphatic carbocycles. The molecule has 0 N–H and O–H groups in total. The second-order valence-electron chi connectivity index (χ2n) is 3.96. The number of rotatable bonds is 4. The molecule has 0 spiro atoms. The molecule has 0 amide bonds. The first-order chi connectivity index (χ1) is 6.59. The molecule has 1 fully saturated rings. The van der Waals surface area contributed by atoms with Crippen LogP contribution in [0.15, 0.2) is 0 Å². The third-order valence-electron chi connectivity index (χ3n) is 2.92. The van der Waals surface area contributed by atoms with Crippen LogP contribution in [0.1, 0.15) is 38.5 Å². The molecule has 4 heteroatoms. The zero-order valence-corrected chi connectivity index (χ0v) is 8.03. The first-order valence-electron chi connectivity index (χ1n) is 4.99. The molecule has 0 unspecified atom stereocenters. The monoisotopic (exact) mass is 198 g/mol. The van der Waals surface area contributed by atoms with Crippen LogP contribution in [0.5, 0.6) is 0 Å². The van der Waals surface area contributed by atoms with Gasteiger partial charge in [0.15, 0.2) is 0 Å². The third kappa shape index (κ3) is 3.36. The summed E-state index contributed by atoms with van der Waals surface area (Å²) in [7, 11) is 0. The quantitative estimate of drug-likeness (QED) is 0.584. The summed E-state index contributed by atoms with van der Waals surface area (Å²) in [5.74, 6) is -2.24. The van der Waals surface area contributed by atoms with Gasteiger partial charge in [0.2, 0.25) is 0 Å². The second kappa shape index (κ2) is 4.98. The van der Waals surface area contributed by atoms with Crippen LogP contribution < -0.4 is 10.2 Å². The Balaban J connectivity index is 2.49. The number of hydrogen-bond donors (Lipinski definition) is 0. The highest BCUT2D eigenvalue weighted by molar-refractivity contribution is 5.66. The molecule has 1 rings (SSSR count). The van der Waals surface area contributed by atoms with Gasteiger partial charge in [0.1, 0.15) is 0 Å². The minimum atomic E-state index is -1.08. The normalized spacial score (nSPS) is 27.1. The first kappa shape index (κ1) is 11.0. The minimum absolute atomic E-state index is 0.0159. The molecular formula is C10H14O4-2. The van der Waals surface area contributed by atoms with Gasteiger partial charge in [-0.1, -0.05) is 12.8 Å². The van der Waals surface area contributed by atoms with Crippen molar-refractivity contribution in [1.29, 1.82) is 0 Å². The van der Waals surface area contributed by atoms with Gasteiger partial charge in [-0.05, 0) is 37.5 Å².